The first-order valence-corrected chi connectivity index (χ1v) is 34.7. The summed E-state index contributed by atoms with van der Waals surface area (Å²) < 4.78 is 0. The summed E-state index contributed by atoms with van der Waals surface area (Å²) in [5.41, 5.74) is 19.5. The van der Waals surface area contributed by atoms with Crippen molar-refractivity contribution < 1.29 is 20.8 Å². The van der Waals surface area contributed by atoms with Crippen molar-refractivity contribution in [2.45, 2.75) is 170 Å². The number of benzene rings is 6. The van der Waals surface area contributed by atoms with Crippen molar-refractivity contribution in [1.29, 1.82) is 0 Å². The summed E-state index contributed by atoms with van der Waals surface area (Å²) in [6.45, 7) is 36.7. The van der Waals surface area contributed by atoms with Gasteiger partial charge in [-0.2, -0.15) is 12.1 Å². The average molecular weight is 1090 g/mol. The van der Waals surface area contributed by atoms with E-state index >= 15 is 0 Å². The van der Waals surface area contributed by atoms with Crippen LogP contribution < -0.4 is 0 Å². The molecule has 72 heavy (non-hydrogen) atoms. The van der Waals surface area contributed by atoms with E-state index in [9.17, 15) is 0 Å². The normalized spacial score (nSPS) is 11.8. The Morgan fingerprint density at radius 2 is 0.708 bits per heavy atom. The third-order valence-electron chi connectivity index (χ3n) is 13.6. The molecule has 0 N–H and O–H groups in total. The molecule has 0 aliphatic heterocycles. The Morgan fingerprint density at radius 3 is 0.972 bits per heavy atom. The van der Waals surface area contributed by atoms with Crippen LogP contribution >= 0.6 is 17.0 Å². The molecule has 4 heteroatoms. The quantitative estimate of drug-likeness (QED) is 0.0946. The Bertz CT molecular complexity index is 2670. The third kappa shape index (κ3) is 15.6. The molecule has 0 saturated carbocycles. The van der Waals surface area contributed by atoms with E-state index in [2.05, 4.69) is 256 Å². The van der Waals surface area contributed by atoms with E-state index in [1.54, 1.807) is 0 Å². The SMILES string of the molecule is CCCCc1cc2c(-c3cc(C(C)(C)C)cc(C(C)(C)C)c3)c(-c3ccccc3)ccc2[cH-]1.CCCCc1cc2c(-c3cc(C(C)(C)C)cc(C(C)(C)C)c3)c(-c3ccccc3)ccc2[cH-]1.C[Si]C.[Cl][Zr+2][Cl]. The zero-order chi connectivity index (χ0) is 53.0. The number of aryl methyl sites for hydroxylation is 2. The molecule has 8 rings (SSSR count). The Kier molecular flexibility index (Phi) is 21.4. The summed E-state index contributed by atoms with van der Waals surface area (Å²) in [7, 11) is 11.0. The van der Waals surface area contributed by atoms with Crippen LogP contribution in [0.2, 0.25) is 13.1 Å². The maximum atomic E-state index is 4.93. The summed E-state index contributed by atoms with van der Waals surface area (Å²) >= 11 is -0.826. The first-order chi connectivity index (χ1) is 34.0. The van der Waals surface area contributed by atoms with Crippen LogP contribution in [-0.2, 0) is 55.3 Å². The average Bonchev–Trinajstić information content (AvgIpc) is 3.96. The van der Waals surface area contributed by atoms with Crippen molar-refractivity contribution in [2.24, 2.45) is 0 Å². The number of hydrogen-bond acceptors (Lipinski definition) is 0. The van der Waals surface area contributed by atoms with Gasteiger partial charge in [-0.25, -0.2) is 0 Å². The molecule has 0 aliphatic rings. The second kappa shape index (κ2) is 26.1. The van der Waals surface area contributed by atoms with Gasteiger partial charge in [0.05, 0.1) is 0 Å². The summed E-state index contributed by atoms with van der Waals surface area (Å²) in [4.78, 5) is 0. The summed E-state index contributed by atoms with van der Waals surface area (Å²) in [5.74, 6) is 0. The molecule has 0 unspecified atom stereocenters. The van der Waals surface area contributed by atoms with Crippen molar-refractivity contribution in [3.05, 3.63) is 179 Å². The second-order valence-electron chi connectivity index (χ2n) is 23.8. The zero-order valence-corrected chi connectivity index (χ0v) is 51.8. The second-order valence-corrected chi connectivity index (χ2v) is 28.5. The predicted octanol–water partition coefficient (Wildman–Crippen LogP) is 21.8. The molecule has 0 heterocycles. The minimum atomic E-state index is -0.826. The molecule has 0 amide bonds. The van der Waals surface area contributed by atoms with Gasteiger partial charge in [-0.15, -0.1) is 56.9 Å². The molecule has 378 valence electrons. The minimum absolute atomic E-state index is 0.0924. The summed E-state index contributed by atoms with van der Waals surface area (Å²) in [6, 6.07) is 55.3. The van der Waals surface area contributed by atoms with Crippen molar-refractivity contribution >= 4 is 48.1 Å². The van der Waals surface area contributed by atoms with Gasteiger partial charge in [-0.3, -0.25) is 0 Å². The van der Waals surface area contributed by atoms with Crippen molar-refractivity contribution in [1.82, 2.24) is 0 Å². The van der Waals surface area contributed by atoms with E-state index in [1.165, 1.54) is 125 Å². The van der Waals surface area contributed by atoms with Gasteiger partial charge >= 0.3 is 37.9 Å². The number of halogens is 2. The van der Waals surface area contributed by atoms with Crippen LogP contribution in [-0.4, -0.2) is 9.52 Å². The van der Waals surface area contributed by atoms with Crippen LogP contribution in [0, 0.1) is 0 Å². The number of rotatable bonds is 10. The van der Waals surface area contributed by atoms with Crippen molar-refractivity contribution in [2.75, 3.05) is 0 Å². The van der Waals surface area contributed by atoms with Crippen molar-refractivity contribution in [3.8, 4) is 44.5 Å². The van der Waals surface area contributed by atoms with Gasteiger partial charge in [0, 0.05) is 9.52 Å². The van der Waals surface area contributed by atoms with Crippen LogP contribution in [0.3, 0.4) is 0 Å². The van der Waals surface area contributed by atoms with Crippen LogP contribution in [0.25, 0.3) is 66.1 Å². The molecule has 0 fully saturated rings. The van der Waals surface area contributed by atoms with Gasteiger partial charge in [0.25, 0.3) is 0 Å². The molecule has 0 nitrogen and oxygen atoms in total. The van der Waals surface area contributed by atoms with Crippen molar-refractivity contribution in [3.63, 3.8) is 0 Å². The molecule has 0 bridgehead atoms. The number of hydrogen-bond donors (Lipinski definition) is 0. The standard InChI is InChI=1S/2C33H39.C2H6Si.2ClH.Zr/c2*1-8-9-13-23-18-25-16-17-29(24-14-11-10-12-15-24)31(30(25)19-23)26-20-27(32(2,3)4)22-28(21-26)33(5,6)7;1-3-2;;;/h2*10-12,14-22H,8-9,13H2,1-7H3;1-2H3;2*1H;/q2*-1;;;;+4/p-2. The Hall–Kier alpha value is -3.78. The molecule has 0 saturated heterocycles. The zero-order valence-electron chi connectivity index (χ0n) is 46.9. The monoisotopic (exact) mass is 1090 g/mol. The van der Waals surface area contributed by atoms with Gasteiger partial charge in [0.2, 0.25) is 0 Å². The van der Waals surface area contributed by atoms with E-state index in [4.69, 9.17) is 17.0 Å². The molecule has 8 aromatic rings. The van der Waals surface area contributed by atoms with Gasteiger partial charge in [-0.05, 0) is 90.1 Å². The Balaban J connectivity index is 0.000000241. The van der Waals surface area contributed by atoms with Gasteiger partial charge in [0.1, 0.15) is 0 Å². The molecule has 0 aromatic heterocycles. The predicted molar refractivity (Wildman–Crippen MR) is 322 cm³/mol. The Labute approximate surface area is 459 Å². The maximum absolute atomic E-state index is 4.93. The number of unbranched alkanes of at least 4 members (excludes halogenated alkanes) is 2. The Morgan fingerprint density at radius 1 is 0.417 bits per heavy atom. The fraction of sp³-hybridized carbons (Fsp3) is 0.382. The van der Waals surface area contributed by atoms with Crippen LogP contribution in [0.5, 0.6) is 0 Å². The summed E-state index contributed by atoms with van der Waals surface area (Å²) in [6.07, 6.45) is 7.25. The molecule has 2 radical (unpaired) electrons. The third-order valence-corrected chi connectivity index (χ3v) is 13.6. The van der Waals surface area contributed by atoms with Gasteiger partial charge < -0.3 is 0 Å². The van der Waals surface area contributed by atoms with E-state index in [0.29, 0.717) is 0 Å². The molecular formula is C68H84Cl2SiZr. The van der Waals surface area contributed by atoms with E-state index in [1.807, 2.05) is 0 Å². The fourth-order valence-electron chi connectivity index (χ4n) is 9.35. The van der Waals surface area contributed by atoms with Crippen LogP contribution in [0.4, 0.5) is 0 Å². The first kappa shape index (κ1) is 59.1. The molecule has 0 atom stereocenters. The molecule has 0 aliphatic carbocycles. The molecule has 0 spiro atoms. The van der Waals surface area contributed by atoms with Crippen LogP contribution in [0.15, 0.2) is 146 Å². The summed E-state index contributed by atoms with van der Waals surface area (Å²) in [5, 5.41) is 5.48. The van der Waals surface area contributed by atoms with E-state index in [-0.39, 0.29) is 21.7 Å². The topological polar surface area (TPSA) is 0 Å². The van der Waals surface area contributed by atoms with Crippen LogP contribution in [0.1, 0.15) is 156 Å². The molecular weight excluding hydrogens is 1010 g/mol. The van der Waals surface area contributed by atoms with E-state index < -0.39 is 20.8 Å². The fourth-order valence-corrected chi connectivity index (χ4v) is 9.35. The molecule has 8 aromatic carbocycles. The first-order valence-electron chi connectivity index (χ1n) is 26.4. The van der Waals surface area contributed by atoms with Gasteiger partial charge in [-0.1, -0.05) is 256 Å². The van der Waals surface area contributed by atoms with Gasteiger partial charge in [0.15, 0.2) is 0 Å². The van der Waals surface area contributed by atoms with E-state index in [0.717, 1.165) is 22.4 Å². The number of fused-ring (bicyclic) bond motifs is 2.